The normalized spacial score (nSPS) is 9.14. The fourth-order valence-corrected chi connectivity index (χ4v) is 0.784. The van der Waals surface area contributed by atoms with Crippen molar-refractivity contribution in [1.29, 1.82) is 0 Å². The zero-order valence-electron chi connectivity index (χ0n) is 7.99. The van der Waals surface area contributed by atoms with E-state index in [1.165, 1.54) is 6.08 Å². The fraction of sp³-hybridized carbons (Fsp3) is 0.400. The average molecular weight is 198 g/mol. The number of ether oxygens (including phenoxy) is 1. The van der Waals surface area contributed by atoms with Gasteiger partial charge >= 0.3 is 11.9 Å². The van der Waals surface area contributed by atoms with Crippen molar-refractivity contribution in [3.8, 4) is 0 Å². The molecule has 0 saturated heterocycles. The Balaban J connectivity index is 3.49. The van der Waals surface area contributed by atoms with E-state index in [1.54, 1.807) is 0 Å². The Bertz CT molecular complexity index is 243. The van der Waals surface area contributed by atoms with Gasteiger partial charge < -0.3 is 9.84 Å². The summed E-state index contributed by atoms with van der Waals surface area (Å²) in [7, 11) is 0. The number of carbonyl (C=O) groups is 2. The third-order valence-corrected chi connectivity index (χ3v) is 1.49. The highest BCUT2D eigenvalue weighted by atomic mass is 16.5. The number of carboxylic acid groups (broad SMARTS) is 1. The molecule has 0 spiro atoms. The predicted octanol–water partition coefficient (Wildman–Crippen LogP) is 1.87. The highest BCUT2D eigenvalue weighted by Gasteiger charge is 2.04. The van der Waals surface area contributed by atoms with E-state index in [1.807, 2.05) is 0 Å². The molecule has 0 heterocycles. The molecular weight excluding hydrogens is 184 g/mol. The van der Waals surface area contributed by atoms with Gasteiger partial charge in [-0.3, -0.25) is 9.59 Å². The fourth-order valence-electron chi connectivity index (χ4n) is 0.784. The molecule has 4 nitrogen and oxygen atoms in total. The second-order valence-corrected chi connectivity index (χ2v) is 2.75. The number of esters is 1. The number of allylic oxidation sites excluding steroid dienone is 1. The summed E-state index contributed by atoms with van der Waals surface area (Å²) < 4.78 is 4.71. The number of carbonyl (C=O) groups excluding carboxylic acids is 1. The Morgan fingerprint density at radius 1 is 1.29 bits per heavy atom. The highest BCUT2D eigenvalue weighted by molar-refractivity contribution is 5.71. The van der Waals surface area contributed by atoms with Gasteiger partial charge in [0, 0.05) is 12.8 Å². The Morgan fingerprint density at radius 2 is 1.86 bits per heavy atom. The van der Waals surface area contributed by atoms with Gasteiger partial charge in [-0.1, -0.05) is 13.2 Å². The van der Waals surface area contributed by atoms with E-state index in [4.69, 9.17) is 9.84 Å². The summed E-state index contributed by atoms with van der Waals surface area (Å²) in [6.45, 7) is 6.79. The molecule has 0 bridgehead atoms. The molecular formula is C10H14O4. The van der Waals surface area contributed by atoms with Gasteiger partial charge in [0.15, 0.2) is 0 Å². The highest BCUT2D eigenvalue weighted by Crippen LogP contribution is 2.04. The molecule has 0 rings (SSSR count). The standard InChI is InChI=1S/C10H14O4/c1-3-8(2)14-10(13)7-5-4-6-9(11)12/h3H,1-2,4-7H2,(H,11,12). The van der Waals surface area contributed by atoms with Crippen LogP contribution in [0.25, 0.3) is 0 Å². The van der Waals surface area contributed by atoms with Crippen LogP contribution in [-0.2, 0) is 14.3 Å². The molecule has 4 heteroatoms. The van der Waals surface area contributed by atoms with Crippen LogP contribution < -0.4 is 0 Å². The molecule has 0 aromatic heterocycles. The molecule has 0 unspecified atom stereocenters. The van der Waals surface area contributed by atoms with Crippen molar-refractivity contribution in [3.05, 3.63) is 25.0 Å². The third-order valence-electron chi connectivity index (χ3n) is 1.49. The monoisotopic (exact) mass is 198 g/mol. The largest absolute Gasteiger partial charge is 0.481 e. The van der Waals surface area contributed by atoms with Crippen molar-refractivity contribution < 1.29 is 19.4 Å². The van der Waals surface area contributed by atoms with Crippen LogP contribution in [0, 0.1) is 0 Å². The SMILES string of the molecule is C=CC(=C)OC(=O)CCCCC(=O)O. The van der Waals surface area contributed by atoms with E-state index in [2.05, 4.69) is 13.2 Å². The first-order chi connectivity index (χ1) is 6.56. The number of hydrogen-bond acceptors (Lipinski definition) is 3. The molecule has 0 atom stereocenters. The van der Waals surface area contributed by atoms with E-state index in [9.17, 15) is 9.59 Å². The molecule has 0 saturated carbocycles. The first-order valence-corrected chi connectivity index (χ1v) is 4.30. The maximum absolute atomic E-state index is 11.0. The van der Waals surface area contributed by atoms with Crippen LogP contribution in [0.1, 0.15) is 25.7 Å². The zero-order valence-corrected chi connectivity index (χ0v) is 7.99. The maximum Gasteiger partial charge on any atom is 0.311 e. The Labute approximate surface area is 82.9 Å². The first kappa shape index (κ1) is 12.4. The van der Waals surface area contributed by atoms with E-state index in [0.29, 0.717) is 12.8 Å². The van der Waals surface area contributed by atoms with Gasteiger partial charge in [0.2, 0.25) is 0 Å². The third kappa shape index (κ3) is 7.09. The van der Waals surface area contributed by atoms with Crippen molar-refractivity contribution >= 4 is 11.9 Å². The van der Waals surface area contributed by atoms with Crippen LogP contribution in [0.4, 0.5) is 0 Å². The molecule has 0 aromatic carbocycles. The van der Waals surface area contributed by atoms with Gasteiger partial charge in [-0.05, 0) is 18.9 Å². The van der Waals surface area contributed by atoms with E-state index >= 15 is 0 Å². The summed E-state index contributed by atoms with van der Waals surface area (Å²) in [6, 6.07) is 0. The lowest BCUT2D eigenvalue weighted by molar-refractivity contribution is -0.140. The minimum Gasteiger partial charge on any atom is -0.481 e. The number of rotatable bonds is 7. The second-order valence-electron chi connectivity index (χ2n) is 2.75. The van der Waals surface area contributed by atoms with Crippen molar-refractivity contribution in [3.63, 3.8) is 0 Å². The quantitative estimate of drug-likeness (QED) is 0.293. The lowest BCUT2D eigenvalue weighted by atomic mass is 10.2. The molecule has 0 aliphatic heterocycles. The minimum atomic E-state index is -0.853. The number of aliphatic carboxylic acids is 1. The molecule has 0 amide bonds. The van der Waals surface area contributed by atoms with Crippen LogP contribution in [-0.4, -0.2) is 17.0 Å². The van der Waals surface area contributed by atoms with Crippen LogP contribution in [0.2, 0.25) is 0 Å². The zero-order chi connectivity index (χ0) is 11.0. The van der Waals surface area contributed by atoms with Gasteiger partial charge in [-0.2, -0.15) is 0 Å². The molecule has 0 fully saturated rings. The topological polar surface area (TPSA) is 63.6 Å². The first-order valence-electron chi connectivity index (χ1n) is 4.30. The van der Waals surface area contributed by atoms with Gasteiger partial charge in [0.25, 0.3) is 0 Å². The summed E-state index contributed by atoms with van der Waals surface area (Å²) in [4.78, 5) is 21.1. The molecule has 1 N–H and O–H groups in total. The maximum atomic E-state index is 11.0. The molecule has 0 aliphatic rings. The van der Waals surface area contributed by atoms with Gasteiger partial charge in [-0.15, -0.1) is 0 Å². The lowest BCUT2D eigenvalue weighted by Gasteiger charge is -2.02. The molecule has 0 aromatic rings. The predicted molar refractivity (Wildman–Crippen MR) is 51.5 cm³/mol. The lowest BCUT2D eigenvalue weighted by Crippen LogP contribution is -2.03. The van der Waals surface area contributed by atoms with Crippen LogP contribution in [0.5, 0.6) is 0 Å². The van der Waals surface area contributed by atoms with Crippen LogP contribution in [0.15, 0.2) is 25.0 Å². The summed E-state index contributed by atoms with van der Waals surface area (Å²) in [6.07, 6.45) is 2.62. The molecule has 78 valence electrons. The Hall–Kier alpha value is -1.58. The molecule has 14 heavy (non-hydrogen) atoms. The second kappa shape index (κ2) is 6.88. The Kier molecular flexibility index (Phi) is 6.11. The number of carboxylic acids is 1. The van der Waals surface area contributed by atoms with Crippen molar-refractivity contribution in [2.24, 2.45) is 0 Å². The average Bonchev–Trinajstić information content (AvgIpc) is 2.12. The van der Waals surface area contributed by atoms with Gasteiger partial charge in [0.05, 0.1) is 0 Å². The van der Waals surface area contributed by atoms with Crippen molar-refractivity contribution in [2.75, 3.05) is 0 Å². The van der Waals surface area contributed by atoms with Crippen molar-refractivity contribution in [2.45, 2.75) is 25.7 Å². The van der Waals surface area contributed by atoms with Gasteiger partial charge in [-0.25, -0.2) is 0 Å². The molecule has 0 radical (unpaired) electrons. The van der Waals surface area contributed by atoms with Crippen molar-refractivity contribution in [1.82, 2.24) is 0 Å². The summed E-state index contributed by atoms with van der Waals surface area (Å²) in [5.41, 5.74) is 0. The Morgan fingerprint density at radius 3 is 2.36 bits per heavy atom. The van der Waals surface area contributed by atoms with E-state index < -0.39 is 11.9 Å². The summed E-state index contributed by atoms with van der Waals surface area (Å²) in [5, 5.41) is 8.32. The van der Waals surface area contributed by atoms with E-state index in [0.717, 1.165) is 0 Å². The minimum absolute atomic E-state index is 0.0791. The number of hydrogen-bond donors (Lipinski definition) is 1. The van der Waals surface area contributed by atoms with Crippen LogP contribution in [0.3, 0.4) is 0 Å². The smallest absolute Gasteiger partial charge is 0.311 e. The van der Waals surface area contributed by atoms with E-state index in [-0.39, 0.29) is 18.6 Å². The number of unbranched alkanes of at least 4 members (excludes halogenated alkanes) is 1. The van der Waals surface area contributed by atoms with Crippen LogP contribution >= 0.6 is 0 Å². The summed E-state index contributed by atoms with van der Waals surface area (Å²) >= 11 is 0. The summed E-state index contributed by atoms with van der Waals surface area (Å²) in [5.74, 6) is -1.04. The molecule has 0 aliphatic carbocycles. The van der Waals surface area contributed by atoms with Gasteiger partial charge in [0.1, 0.15) is 5.76 Å².